The molecule has 2 heterocycles. The van der Waals surface area contributed by atoms with Gasteiger partial charge in [0.1, 0.15) is 11.6 Å². The quantitative estimate of drug-likeness (QED) is 0.693. The second-order valence-corrected chi connectivity index (χ2v) is 6.22. The number of anilines is 1. The van der Waals surface area contributed by atoms with Crippen molar-refractivity contribution in [2.24, 2.45) is 0 Å². The molecule has 0 unspecified atom stereocenters. The number of aromatic nitrogens is 3. The summed E-state index contributed by atoms with van der Waals surface area (Å²) in [6, 6.07) is 12.3. The van der Waals surface area contributed by atoms with Gasteiger partial charge in [0.25, 0.3) is 0 Å². The third-order valence-electron chi connectivity index (χ3n) is 4.04. The van der Waals surface area contributed by atoms with Crippen LogP contribution in [0.25, 0.3) is 11.3 Å². The normalized spacial score (nSPS) is 11.2. The van der Waals surface area contributed by atoms with Gasteiger partial charge in [-0.15, -0.1) is 0 Å². The van der Waals surface area contributed by atoms with Crippen molar-refractivity contribution in [3.63, 3.8) is 0 Å². The minimum absolute atomic E-state index is 0.250. The minimum Gasteiger partial charge on any atom is -0.384 e. The van der Waals surface area contributed by atoms with Gasteiger partial charge in [-0.25, -0.2) is 9.37 Å². The number of nitrogens with zero attached hydrogens (tertiary/aromatic N) is 3. The van der Waals surface area contributed by atoms with Gasteiger partial charge in [0.15, 0.2) is 0 Å². The van der Waals surface area contributed by atoms with Crippen LogP contribution in [0.15, 0.2) is 48.7 Å². The van der Waals surface area contributed by atoms with Crippen molar-refractivity contribution in [3.05, 3.63) is 65.7 Å². The molecule has 0 radical (unpaired) electrons. The fourth-order valence-electron chi connectivity index (χ4n) is 2.81. The molecule has 0 aliphatic rings. The Bertz CT molecular complexity index is 830. The average Bonchev–Trinajstić information content (AvgIpc) is 3.04. The summed E-state index contributed by atoms with van der Waals surface area (Å²) < 4.78 is 13.3. The molecular formula is C19H22FN5. The first-order valence-electron chi connectivity index (χ1n) is 8.29. The maximum atomic E-state index is 13.3. The number of halogens is 1. The molecule has 0 atom stereocenters. The number of hydrogen-bond acceptors (Lipinski definition) is 4. The van der Waals surface area contributed by atoms with Gasteiger partial charge in [0.05, 0.1) is 5.69 Å². The van der Waals surface area contributed by atoms with E-state index in [1.807, 2.05) is 24.3 Å². The summed E-state index contributed by atoms with van der Waals surface area (Å²) in [6.07, 6.45) is 3.63. The highest BCUT2D eigenvalue weighted by Crippen LogP contribution is 2.19. The first-order valence-corrected chi connectivity index (χ1v) is 8.29. The Kier molecular flexibility index (Phi) is 5.40. The van der Waals surface area contributed by atoms with Crippen molar-refractivity contribution >= 4 is 5.82 Å². The van der Waals surface area contributed by atoms with Crippen molar-refractivity contribution < 1.29 is 4.39 Å². The van der Waals surface area contributed by atoms with E-state index in [9.17, 15) is 4.39 Å². The predicted molar refractivity (Wildman–Crippen MR) is 97.3 cm³/mol. The molecule has 0 bridgehead atoms. The molecule has 5 nitrogen and oxygen atoms in total. The van der Waals surface area contributed by atoms with Crippen molar-refractivity contribution in [2.45, 2.75) is 19.4 Å². The van der Waals surface area contributed by atoms with Gasteiger partial charge in [0.2, 0.25) is 0 Å². The van der Waals surface area contributed by atoms with Crippen LogP contribution < -0.4 is 5.73 Å². The van der Waals surface area contributed by atoms with Gasteiger partial charge >= 0.3 is 0 Å². The van der Waals surface area contributed by atoms with E-state index in [4.69, 9.17) is 5.73 Å². The number of rotatable bonds is 7. The van der Waals surface area contributed by atoms with E-state index in [1.165, 1.54) is 12.1 Å². The highest BCUT2D eigenvalue weighted by molar-refractivity contribution is 5.59. The number of nitrogens with two attached hydrogens (primary N) is 1. The molecule has 3 N–H and O–H groups in total. The lowest BCUT2D eigenvalue weighted by molar-refractivity contribution is 0.322. The predicted octanol–water partition coefficient (Wildman–Crippen LogP) is 3.26. The van der Waals surface area contributed by atoms with Crippen LogP contribution in [0.1, 0.15) is 17.7 Å². The maximum Gasteiger partial charge on any atom is 0.123 e. The second kappa shape index (κ2) is 7.90. The first kappa shape index (κ1) is 17.1. The van der Waals surface area contributed by atoms with Crippen LogP contribution >= 0.6 is 0 Å². The van der Waals surface area contributed by atoms with E-state index >= 15 is 0 Å². The number of pyridine rings is 1. The molecule has 3 rings (SSSR count). The number of benzene rings is 1. The van der Waals surface area contributed by atoms with Crippen molar-refractivity contribution in [1.82, 2.24) is 20.1 Å². The standard InChI is InChI=1S/C19H22FN5/c1-25(13-14-7-8-22-19(21)10-14)9-3-6-17-12-18(24-23-17)15-4-2-5-16(20)11-15/h2,4-5,7-8,10-12H,3,6,9,13H2,1H3,(H2,21,22)(H,23,24). The lowest BCUT2D eigenvalue weighted by Gasteiger charge is -2.16. The fraction of sp³-hybridized carbons (Fsp3) is 0.263. The van der Waals surface area contributed by atoms with Crippen molar-refractivity contribution in [1.29, 1.82) is 0 Å². The van der Waals surface area contributed by atoms with E-state index < -0.39 is 0 Å². The summed E-state index contributed by atoms with van der Waals surface area (Å²) in [5, 5.41) is 7.32. The Morgan fingerprint density at radius 2 is 2.08 bits per heavy atom. The maximum absolute atomic E-state index is 13.3. The van der Waals surface area contributed by atoms with Crippen molar-refractivity contribution in [3.8, 4) is 11.3 Å². The minimum atomic E-state index is -0.250. The summed E-state index contributed by atoms with van der Waals surface area (Å²) >= 11 is 0. The van der Waals surface area contributed by atoms with Crippen LogP contribution in [0.5, 0.6) is 0 Å². The van der Waals surface area contributed by atoms with Gasteiger partial charge in [-0.1, -0.05) is 12.1 Å². The van der Waals surface area contributed by atoms with Crippen LogP contribution in [0, 0.1) is 5.82 Å². The summed E-state index contributed by atoms with van der Waals surface area (Å²) in [5.74, 6) is 0.300. The fourth-order valence-corrected chi connectivity index (χ4v) is 2.81. The molecule has 0 aliphatic heterocycles. The zero-order chi connectivity index (χ0) is 17.6. The molecular weight excluding hydrogens is 317 g/mol. The second-order valence-electron chi connectivity index (χ2n) is 6.22. The number of hydrogen-bond donors (Lipinski definition) is 2. The molecule has 6 heteroatoms. The molecule has 0 saturated carbocycles. The topological polar surface area (TPSA) is 70.8 Å². The summed E-state index contributed by atoms with van der Waals surface area (Å²) in [6.45, 7) is 1.79. The lowest BCUT2D eigenvalue weighted by Crippen LogP contribution is -2.19. The monoisotopic (exact) mass is 339 g/mol. The van der Waals surface area contributed by atoms with E-state index in [1.54, 1.807) is 12.3 Å². The number of nitrogens with one attached hydrogen (secondary N) is 1. The highest BCUT2D eigenvalue weighted by atomic mass is 19.1. The Labute approximate surface area is 146 Å². The summed E-state index contributed by atoms with van der Waals surface area (Å²) in [4.78, 5) is 6.25. The van der Waals surface area contributed by atoms with Gasteiger partial charge in [-0.05, 0) is 62.3 Å². The largest absolute Gasteiger partial charge is 0.384 e. The third-order valence-corrected chi connectivity index (χ3v) is 4.04. The molecule has 0 spiro atoms. The molecule has 1 aromatic carbocycles. The molecule has 25 heavy (non-hydrogen) atoms. The average molecular weight is 339 g/mol. The molecule has 0 fully saturated rings. The van der Waals surface area contributed by atoms with Gasteiger partial charge in [-0.3, -0.25) is 5.10 Å². The van der Waals surface area contributed by atoms with E-state index in [2.05, 4.69) is 27.1 Å². The van der Waals surface area contributed by atoms with E-state index in [0.717, 1.165) is 48.4 Å². The van der Waals surface area contributed by atoms with E-state index in [-0.39, 0.29) is 5.82 Å². The Morgan fingerprint density at radius 3 is 2.88 bits per heavy atom. The lowest BCUT2D eigenvalue weighted by atomic mass is 10.1. The Hall–Kier alpha value is -2.73. The number of aryl methyl sites for hydroxylation is 1. The number of aromatic amines is 1. The Morgan fingerprint density at radius 1 is 1.20 bits per heavy atom. The summed E-state index contributed by atoms with van der Waals surface area (Å²) in [7, 11) is 2.09. The van der Waals surface area contributed by atoms with Crippen molar-refractivity contribution in [2.75, 3.05) is 19.3 Å². The summed E-state index contributed by atoms with van der Waals surface area (Å²) in [5.41, 5.74) is 9.48. The zero-order valence-electron chi connectivity index (χ0n) is 14.2. The molecule has 2 aromatic heterocycles. The molecule has 0 saturated heterocycles. The smallest absolute Gasteiger partial charge is 0.123 e. The van der Waals surface area contributed by atoms with Crippen LogP contribution in [-0.2, 0) is 13.0 Å². The SMILES string of the molecule is CN(CCCc1cc(-c2cccc(F)c2)n[nH]1)Cc1ccnc(N)c1. The van der Waals surface area contributed by atoms with Crippen LogP contribution in [0.2, 0.25) is 0 Å². The first-order chi connectivity index (χ1) is 12.1. The molecule has 0 amide bonds. The van der Waals surface area contributed by atoms with Crippen LogP contribution in [0.4, 0.5) is 10.2 Å². The van der Waals surface area contributed by atoms with E-state index in [0.29, 0.717) is 5.82 Å². The van der Waals surface area contributed by atoms with Gasteiger partial charge < -0.3 is 10.6 Å². The number of nitrogen functional groups attached to an aromatic ring is 1. The van der Waals surface area contributed by atoms with Gasteiger partial charge in [0, 0.05) is 24.0 Å². The zero-order valence-corrected chi connectivity index (χ0v) is 14.2. The molecule has 3 aromatic rings. The number of H-pyrrole nitrogens is 1. The van der Waals surface area contributed by atoms with Crippen LogP contribution in [-0.4, -0.2) is 33.7 Å². The third kappa shape index (κ3) is 4.87. The highest BCUT2D eigenvalue weighted by Gasteiger charge is 2.06. The molecule has 130 valence electrons. The van der Waals surface area contributed by atoms with Gasteiger partial charge in [-0.2, -0.15) is 5.10 Å². The van der Waals surface area contributed by atoms with Crippen LogP contribution in [0.3, 0.4) is 0 Å². The molecule has 0 aliphatic carbocycles. The Balaban J connectivity index is 1.49.